The topological polar surface area (TPSA) is 18.5 Å². The van der Waals surface area contributed by atoms with Crippen molar-refractivity contribution in [3.63, 3.8) is 0 Å². The van der Waals surface area contributed by atoms with Crippen LogP contribution in [0.2, 0.25) is 5.02 Å². The number of aryl methyl sites for hydroxylation is 1. The predicted molar refractivity (Wildman–Crippen MR) is 91.1 cm³/mol. The van der Waals surface area contributed by atoms with Gasteiger partial charge in [-0.2, -0.15) is 0 Å². The van der Waals surface area contributed by atoms with Crippen molar-refractivity contribution >= 4 is 39.1 Å². The van der Waals surface area contributed by atoms with Crippen LogP contribution in [0.1, 0.15) is 22.1 Å². The second-order valence-electron chi connectivity index (χ2n) is 4.62. The number of hydrogen-bond acceptors (Lipinski definition) is 2. The summed E-state index contributed by atoms with van der Waals surface area (Å²) in [5.74, 6) is 1.18. The second kappa shape index (κ2) is 6.91. The number of hydrogen-bond donors (Lipinski definition) is 0. The van der Waals surface area contributed by atoms with Crippen molar-refractivity contribution in [3.8, 4) is 11.5 Å². The summed E-state index contributed by atoms with van der Waals surface area (Å²) < 4.78 is 11.5. The van der Waals surface area contributed by atoms with E-state index in [1.807, 2.05) is 31.2 Å². The molecular weight excluding hydrogens is 375 g/mol. The molecule has 0 saturated heterocycles. The smallest absolute Gasteiger partial charge is 0.162 e. The van der Waals surface area contributed by atoms with Gasteiger partial charge in [-0.25, -0.2) is 0 Å². The first-order chi connectivity index (χ1) is 9.97. The number of alkyl halides is 1. The minimum atomic E-state index is -0.382. The van der Waals surface area contributed by atoms with Crippen LogP contribution in [-0.2, 0) is 0 Å². The van der Waals surface area contributed by atoms with Gasteiger partial charge in [-0.15, -0.1) is 11.6 Å². The SMILES string of the molecule is COc1cc(Cl)c(C(Cl)c2ccc(C)cc2Br)cc1OC. The van der Waals surface area contributed by atoms with Crippen molar-refractivity contribution in [3.05, 3.63) is 56.5 Å². The summed E-state index contributed by atoms with van der Waals surface area (Å²) in [4.78, 5) is 0. The fourth-order valence-corrected chi connectivity index (χ4v) is 3.61. The summed E-state index contributed by atoms with van der Waals surface area (Å²) in [6.07, 6.45) is 0. The third-order valence-electron chi connectivity index (χ3n) is 3.20. The van der Waals surface area contributed by atoms with Gasteiger partial charge in [0.1, 0.15) is 0 Å². The molecule has 0 aliphatic carbocycles. The van der Waals surface area contributed by atoms with Crippen LogP contribution in [0.5, 0.6) is 11.5 Å². The minimum absolute atomic E-state index is 0.382. The van der Waals surface area contributed by atoms with Crippen molar-refractivity contribution in [2.24, 2.45) is 0 Å². The van der Waals surface area contributed by atoms with E-state index in [-0.39, 0.29) is 5.38 Å². The van der Waals surface area contributed by atoms with E-state index in [0.29, 0.717) is 16.5 Å². The van der Waals surface area contributed by atoms with Gasteiger partial charge in [0.25, 0.3) is 0 Å². The Bertz CT molecular complexity index is 659. The number of methoxy groups -OCH3 is 2. The van der Waals surface area contributed by atoms with Gasteiger partial charge in [0.05, 0.1) is 19.6 Å². The van der Waals surface area contributed by atoms with Gasteiger partial charge >= 0.3 is 0 Å². The molecule has 2 rings (SSSR count). The van der Waals surface area contributed by atoms with Crippen molar-refractivity contribution in [1.82, 2.24) is 0 Å². The van der Waals surface area contributed by atoms with Crippen LogP contribution in [0.25, 0.3) is 0 Å². The third kappa shape index (κ3) is 3.47. The van der Waals surface area contributed by atoms with E-state index in [4.69, 9.17) is 32.7 Å². The lowest BCUT2D eigenvalue weighted by Crippen LogP contribution is -1.99. The molecule has 0 aliphatic rings. The van der Waals surface area contributed by atoms with E-state index >= 15 is 0 Å². The highest BCUT2D eigenvalue weighted by atomic mass is 79.9. The van der Waals surface area contributed by atoms with Gasteiger partial charge in [0, 0.05) is 15.6 Å². The van der Waals surface area contributed by atoms with Gasteiger partial charge in [-0.1, -0.05) is 39.7 Å². The van der Waals surface area contributed by atoms with Crippen LogP contribution >= 0.6 is 39.1 Å². The Labute approximate surface area is 143 Å². The number of halogens is 3. The van der Waals surface area contributed by atoms with E-state index in [1.165, 1.54) is 0 Å². The lowest BCUT2D eigenvalue weighted by molar-refractivity contribution is 0.354. The first kappa shape index (κ1) is 16.5. The quantitative estimate of drug-likeness (QED) is 0.619. The van der Waals surface area contributed by atoms with Crippen LogP contribution < -0.4 is 9.47 Å². The number of rotatable bonds is 4. The molecule has 0 aromatic heterocycles. The van der Waals surface area contributed by atoms with Crippen molar-refractivity contribution in [1.29, 1.82) is 0 Å². The highest BCUT2D eigenvalue weighted by molar-refractivity contribution is 9.10. The molecule has 2 nitrogen and oxygen atoms in total. The second-order valence-corrected chi connectivity index (χ2v) is 6.31. The Kier molecular flexibility index (Phi) is 5.42. The van der Waals surface area contributed by atoms with Crippen LogP contribution in [0, 0.1) is 6.92 Å². The molecule has 5 heteroatoms. The van der Waals surface area contributed by atoms with Gasteiger partial charge in [0.15, 0.2) is 11.5 Å². The van der Waals surface area contributed by atoms with E-state index in [2.05, 4.69) is 15.9 Å². The summed E-state index contributed by atoms with van der Waals surface area (Å²) >= 11 is 16.5. The van der Waals surface area contributed by atoms with Crippen molar-refractivity contribution < 1.29 is 9.47 Å². The molecule has 0 heterocycles. The molecule has 1 atom stereocenters. The Morgan fingerprint density at radius 2 is 1.62 bits per heavy atom. The maximum Gasteiger partial charge on any atom is 0.162 e. The average molecular weight is 390 g/mol. The van der Waals surface area contributed by atoms with Crippen LogP contribution in [-0.4, -0.2) is 14.2 Å². The molecule has 0 aliphatic heterocycles. The summed E-state index contributed by atoms with van der Waals surface area (Å²) in [6.45, 7) is 2.03. The summed E-state index contributed by atoms with van der Waals surface area (Å²) in [5.41, 5.74) is 2.89. The molecule has 0 N–H and O–H groups in total. The maximum atomic E-state index is 6.61. The van der Waals surface area contributed by atoms with E-state index in [9.17, 15) is 0 Å². The molecule has 0 fully saturated rings. The van der Waals surface area contributed by atoms with Gasteiger partial charge in [0.2, 0.25) is 0 Å². The maximum absolute atomic E-state index is 6.61. The van der Waals surface area contributed by atoms with E-state index in [0.717, 1.165) is 21.2 Å². The molecule has 2 aromatic carbocycles. The van der Waals surface area contributed by atoms with Crippen LogP contribution in [0.4, 0.5) is 0 Å². The Hall–Kier alpha value is -0.900. The van der Waals surface area contributed by atoms with Gasteiger partial charge in [-0.3, -0.25) is 0 Å². The third-order valence-corrected chi connectivity index (χ3v) is 4.69. The van der Waals surface area contributed by atoms with Crippen molar-refractivity contribution in [2.45, 2.75) is 12.3 Å². The highest BCUT2D eigenvalue weighted by Crippen LogP contribution is 2.42. The molecule has 21 heavy (non-hydrogen) atoms. The monoisotopic (exact) mass is 388 g/mol. The highest BCUT2D eigenvalue weighted by Gasteiger charge is 2.20. The first-order valence-electron chi connectivity index (χ1n) is 6.29. The molecule has 1 unspecified atom stereocenters. The molecule has 0 saturated carbocycles. The molecule has 0 radical (unpaired) electrons. The molecular formula is C16H15BrCl2O2. The average Bonchev–Trinajstić information content (AvgIpc) is 2.46. The van der Waals surface area contributed by atoms with Crippen LogP contribution in [0.3, 0.4) is 0 Å². The van der Waals surface area contributed by atoms with Gasteiger partial charge < -0.3 is 9.47 Å². The zero-order valence-electron chi connectivity index (χ0n) is 11.9. The van der Waals surface area contributed by atoms with E-state index < -0.39 is 0 Å². The largest absolute Gasteiger partial charge is 0.493 e. The molecule has 0 spiro atoms. The van der Waals surface area contributed by atoms with Gasteiger partial charge in [-0.05, 0) is 35.7 Å². The predicted octanol–water partition coefficient (Wildman–Crippen LogP) is 5.76. The number of benzene rings is 2. The molecule has 0 bridgehead atoms. The standard InChI is InChI=1S/C16H15BrCl2O2/c1-9-4-5-10(12(17)6-9)16(19)11-7-14(20-2)15(21-3)8-13(11)18/h4-8,16H,1-3H3. The molecule has 0 amide bonds. The molecule has 2 aromatic rings. The summed E-state index contributed by atoms with van der Waals surface area (Å²) in [5, 5.41) is 0.160. The lowest BCUT2D eigenvalue weighted by Gasteiger charge is -2.17. The minimum Gasteiger partial charge on any atom is -0.493 e. The summed E-state index contributed by atoms with van der Waals surface area (Å²) in [6, 6.07) is 9.56. The van der Waals surface area contributed by atoms with Crippen LogP contribution in [0.15, 0.2) is 34.8 Å². The zero-order valence-corrected chi connectivity index (χ0v) is 15.0. The summed E-state index contributed by atoms with van der Waals surface area (Å²) in [7, 11) is 3.16. The Balaban J connectivity index is 2.50. The first-order valence-corrected chi connectivity index (χ1v) is 7.90. The fourth-order valence-electron chi connectivity index (χ4n) is 2.07. The Morgan fingerprint density at radius 3 is 2.19 bits per heavy atom. The molecule has 112 valence electrons. The number of ether oxygens (including phenoxy) is 2. The normalized spacial score (nSPS) is 12.1. The zero-order chi connectivity index (χ0) is 15.6. The Morgan fingerprint density at radius 1 is 1.00 bits per heavy atom. The lowest BCUT2D eigenvalue weighted by atomic mass is 10.0. The van der Waals surface area contributed by atoms with E-state index in [1.54, 1.807) is 20.3 Å². The fraction of sp³-hybridized carbons (Fsp3) is 0.250. The van der Waals surface area contributed by atoms with Crippen molar-refractivity contribution in [2.75, 3.05) is 14.2 Å².